The first-order chi connectivity index (χ1) is 5.74. The quantitative estimate of drug-likeness (QED) is 0.577. The van der Waals surface area contributed by atoms with Crippen molar-refractivity contribution in [2.75, 3.05) is 0 Å². The van der Waals surface area contributed by atoms with Crippen LogP contribution in [0.15, 0.2) is 35.5 Å². The van der Waals surface area contributed by atoms with Gasteiger partial charge in [-0.3, -0.25) is 0 Å². The van der Waals surface area contributed by atoms with Crippen LogP contribution in [-0.2, 0) is 0 Å². The maximum Gasteiger partial charge on any atom is 0.0991 e. The molecule has 1 rings (SSSR count). The second kappa shape index (κ2) is 3.92. The second-order valence-corrected chi connectivity index (χ2v) is 3.24. The molecule has 0 atom stereocenters. The van der Waals surface area contributed by atoms with Crippen molar-refractivity contribution >= 4 is 0 Å². The Morgan fingerprint density at radius 2 is 2.17 bits per heavy atom. The van der Waals surface area contributed by atoms with E-state index in [1.807, 2.05) is 18.2 Å². The van der Waals surface area contributed by atoms with Gasteiger partial charge in [0.25, 0.3) is 0 Å². The molecule has 0 radical (unpaired) electrons. The minimum Gasteiger partial charge on any atom is -0.192 e. The third-order valence-electron chi connectivity index (χ3n) is 2.00. The van der Waals surface area contributed by atoms with E-state index in [1.165, 1.54) is 5.57 Å². The van der Waals surface area contributed by atoms with E-state index in [2.05, 4.69) is 26.0 Å². The molecule has 0 aromatic carbocycles. The van der Waals surface area contributed by atoms with E-state index in [0.717, 1.165) is 12.0 Å². The Balaban J connectivity index is 2.86. The second-order valence-electron chi connectivity index (χ2n) is 3.24. The molecule has 12 heavy (non-hydrogen) atoms. The molecule has 0 fully saturated rings. The molecule has 0 unspecified atom stereocenters. The Bertz CT molecular complexity index is 285. The monoisotopic (exact) mass is 159 g/mol. The van der Waals surface area contributed by atoms with E-state index < -0.39 is 0 Å². The number of nitriles is 1. The van der Waals surface area contributed by atoms with E-state index in [4.69, 9.17) is 5.26 Å². The molecule has 0 spiro atoms. The Labute approximate surface area is 73.7 Å². The minimum atomic E-state index is 0.573. The number of hydrogen-bond acceptors (Lipinski definition) is 1. The molecule has 0 saturated heterocycles. The van der Waals surface area contributed by atoms with Crippen LogP contribution in [0.4, 0.5) is 0 Å². The number of nitrogens with zero attached hydrogens (tertiary/aromatic N) is 1. The average Bonchev–Trinajstić information content (AvgIpc) is 2.28. The molecule has 1 aliphatic carbocycles. The van der Waals surface area contributed by atoms with Crippen LogP contribution in [0.2, 0.25) is 0 Å². The molecular weight excluding hydrogens is 146 g/mol. The van der Waals surface area contributed by atoms with Gasteiger partial charge in [0.15, 0.2) is 0 Å². The molecule has 1 heteroatoms. The number of hydrogen-bond donors (Lipinski definition) is 0. The van der Waals surface area contributed by atoms with Gasteiger partial charge in [0.05, 0.1) is 11.6 Å². The zero-order valence-electron chi connectivity index (χ0n) is 7.54. The van der Waals surface area contributed by atoms with Crippen LogP contribution < -0.4 is 0 Å². The Morgan fingerprint density at radius 3 is 2.75 bits per heavy atom. The van der Waals surface area contributed by atoms with Crippen LogP contribution in [0.1, 0.15) is 20.3 Å². The van der Waals surface area contributed by atoms with Crippen molar-refractivity contribution in [3.8, 4) is 6.07 Å². The molecule has 0 saturated carbocycles. The van der Waals surface area contributed by atoms with Gasteiger partial charge < -0.3 is 0 Å². The highest BCUT2D eigenvalue weighted by atomic mass is 14.2. The largest absolute Gasteiger partial charge is 0.192 e. The summed E-state index contributed by atoms with van der Waals surface area (Å²) in [5, 5.41) is 8.64. The lowest BCUT2D eigenvalue weighted by molar-refractivity contribution is 0.748. The first-order valence-corrected chi connectivity index (χ1v) is 4.21. The fourth-order valence-corrected chi connectivity index (χ4v) is 1.15. The summed E-state index contributed by atoms with van der Waals surface area (Å²) in [7, 11) is 0. The molecular formula is C11H13N. The van der Waals surface area contributed by atoms with E-state index in [1.54, 1.807) is 0 Å². The molecule has 0 N–H and O–H groups in total. The number of rotatable bonds is 1. The van der Waals surface area contributed by atoms with Crippen molar-refractivity contribution in [3.05, 3.63) is 35.5 Å². The van der Waals surface area contributed by atoms with Gasteiger partial charge in [-0.05, 0) is 24.5 Å². The summed E-state index contributed by atoms with van der Waals surface area (Å²) < 4.78 is 0. The predicted molar refractivity (Wildman–Crippen MR) is 50.4 cm³/mol. The summed E-state index contributed by atoms with van der Waals surface area (Å²) in [5.41, 5.74) is 2.13. The van der Waals surface area contributed by atoms with Gasteiger partial charge in [0.1, 0.15) is 0 Å². The topological polar surface area (TPSA) is 23.8 Å². The highest BCUT2D eigenvalue weighted by Crippen LogP contribution is 2.18. The van der Waals surface area contributed by atoms with E-state index >= 15 is 0 Å². The summed E-state index contributed by atoms with van der Waals surface area (Å²) in [4.78, 5) is 0. The van der Waals surface area contributed by atoms with Gasteiger partial charge in [-0.1, -0.05) is 31.6 Å². The lowest BCUT2D eigenvalue weighted by Crippen LogP contribution is -1.90. The first kappa shape index (κ1) is 8.80. The van der Waals surface area contributed by atoms with Crippen molar-refractivity contribution < 1.29 is 0 Å². The lowest BCUT2D eigenvalue weighted by atomic mass is 10.0. The van der Waals surface area contributed by atoms with Crippen LogP contribution in [0.25, 0.3) is 0 Å². The predicted octanol–water partition coefficient (Wildman–Crippen LogP) is 2.98. The zero-order valence-corrected chi connectivity index (χ0v) is 7.54. The molecule has 0 amide bonds. The molecule has 62 valence electrons. The van der Waals surface area contributed by atoms with Gasteiger partial charge in [-0.25, -0.2) is 0 Å². The van der Waals surface area contributed by atoms with Gasteiger partial charge in [-0.15, -0.1) is 0 Å². The van der Waals surface area contributed by atoms with Crippen LogP contribution >= 0.6 is 0 Å². The van der Waals surface area contributed by atoms with Crippen LogP contribution in [0.5, 0.6) is 0 Å². The molecule has 1 aliphatic rings. The Kier molecular flexibility index (Phi) is 2.88. The summed E-state index contributed by atoms with van der Waals surface area (Å²) in [6, 6.07) is 2.13. The normalized spacial score (nSPS) is 16.5. The average molecular weight is 159 g/mol. The first-order valence-electron chi connectivity index (χ1n) is 4.21. The SMILES string of the molecule is CC(C)C1=CC=C(C#N)C=CC1. The summed E-state index contributed by atoms with van der Waals surface area (Å²) in [6.07, 6.45) is 8.85. The standard InChI is InChI=1S/C11H13N/c1-9(2)11-5-3-4-10(8-12)6-7-11/h3-4,6-7,9H,5H2,1-2H3. The van der Waals surface area contributed by atoms with Crippen molar-refractivity contribution in [2.24, 2.45) is 5.92 Å². The summed E-state index contributed by atoms with van der Waals surface area (Å²) >= 11 is 0. The van der Waals surface area contributed by atoms with Crippen LogP contribution in [0.3, 0.4) is 0 Å². The third-order valence-corrected chi connectivity index (χ3v) is 2.00. The van der Waals surface area contributed by atoms with Crippen LogP contribution in [-0.4, -0.2) is 0 Å². The Hall–Kier alpha value is -1.29. The van der Waals surface area contributed by atoms with E-state index in [-0.39, 0.29) is 0 Å². The molecule has 0 aromatic rings. The molecule has 0 aliphatic heterocycles. The van der Waals surface area contributed by atoms with Gasteiger partial charge in [-0.2, -0.15) is 5.26 Å². The minimum absolute atomic E-state index is 0.573. The van der Waals surface area contributed by atoms with Gasteiger partial charge in [0.2, 0.25) is 0 Å². The number of allylic oxidation sites excluding steroid dienone is 6. The van der Waals surface area contributed by atoms with E-state index in [0.29, 0.717) is 5.92 Å². The highest BCUT2D eigenvalue weighted by Gasteiger charge is 2.02. The molecule has 0 bridgehead atoms. The van der Waals surface area contributed by atoms with Crippen LogP contribution in [0, 0.1) is 17.2 Å². The fraction of sp³-hybridized carbons (Fsp3) is 0.364. The molecule has 0 aromatic heterocycles. The van der Waals surface area contributed by atoms with Crippen molar-refractivity contribution in [2.45, 2.75) is 20.3 Å². The maximum absolute atomic E-state index is 8.64. The maximum atomic E-state index is 8.64. The zero-order chi connectivity index (χ0) is 8.97. The smallest absolute Gasteiger partial charge is 0.0991 e. The third kappa shape index (κ3) is 2.10. The lowest BCUT2D eigenvalue weighted by Gasteiger charge is -2.05. The Morgan fingerprint density at radius 1 is 1.42 bits per heavy atom. The summed E-state index contributed by atoms with van der Waals surface area (Å²) in [6.45, 7) is 4.34. The highest BCUT2D eigenvalue weighted by molar-refractivity contribution is 5.39. The van der Waals surface area contributed by atoms with Crippen molar-refractivity contribution in [1.82, 2.24) is 0 Å². The van der Waals surface area contributed by atoms with E-state index in [9.17, 15) is 0 Å². The van der Waals surface area contributed by atoms with Crippen molar-refractivity contribution in [1.29, 1.82) is 5.26 Å². The molecule has 1 nitrogen and oxygen atoms in total. The van der Waals surface area contributed by atoms with Crippen molar-refractivity contribution in [3.63, 3.8) is 0 Å². The van der Waals surface area contributed by atoms with Gasteiger partial charge >= 0.3 is 0 Å². The molecule has 0 heterocycles. The van der Waals surface area contributed by atoms with Gasteiger partial charge in [0, 0.05) is 0 Å². The summed E-state index contributed by atoms with van der Waals surface area (Å²) in [5.74, 6) is 0.573. The fourth-order valence-electron chi connectivity index (χ4n) is 1.15.